The molecule has 0 saturated heterocycles. The number of ether oxygens (including phenoxy) is 1. The molecule has 0 saturated carbocycles. The third-order valence-corrected chi connectivity index (χ3v) is 3.31. The minimum atomic E-state index is -0.866. The Bertz CT molecular complexity index is 475. The van der Waals surface area contributed by atoms with E-state index in [9.17, 15) is 4.79 Å². The van der Waals surface area contributed by atoms with Gasteiger partial charge in [0.25, 0.3) is 0 Å². The Labute approximate surface area is 107 Å². The van der Waals surface area contributed by atoms with Gasteiger partial charge in [-0.2, -0.15) is 0 Å². The van der Waals surface area contributed by atoms with Crippen molar-refractivity contribution in [2.24, 2.45) is 0 Å². The van der Waals surface area contributed by atoms with Crippen LogP contribution >= 0.6 is 0 Å². The number of hydrogen-bond donors (Lipinski definition) is 1. The maximum absolute atomic E-state index is 10.8. The molecule has 18 heavy (non-hydrogen) atoms. The Morgan fingerprint density at radius 1 is 1.39 bits per heavy atom. The fourth-order valence-electron chi connectivity index (χ4n) is 2.26. The Morgan fingerprint density at radius 3 is 2.89 bits per heavy atom. The van der Waals surface area contributed by atoms with Crippen LogP contribution in [0.3, 0.4) is 0 Å². The minimum Gasteiger partial charge on any atom is -0.490 e. The van der Waals surface area contributed by atoms with Crippen molar-refractivity contribution >= 4 is 5.97 Å². The van der Waals surface area contributed by atoms with Gasteiger partial charge in [0.05, 0.1) is 0 Å². The third kappa shape index (κ3) is 2.92. The first-order chi connectivity index (χ1) is 8.70. The van der Waals surface area contributed by atoms with Gasteiger partial charge in [-0.1, -0.05) is 13.0 Å². The van der Waals surface area contributed by atoms with Crippen molar-refractivity contribution in [3.63, 3.8) is 0 Å². The molecular formula is C15H18O3. The Balaban J connectivity index is 1.96. The highest BCUT2D eigenvalue weighted by Gasteiger charge is 2.11. The van der Waals surface area contributed by atoms with E-state index in [4.69, 9.17) is 9.84 Å². The molecule has 0 bridgehead atoms. The van der Waals surface area contributed by atoms with Gasteiger partial charge >= 0.3 is 5.97 Å². The second kappa shape index (κ2) is 5.71. The van der Waals surface area contributed by atoms with Gasteiger partial charge < -0.3 is 9.84 Å². The Hall–Kier alpha value is -1.77. The quantitative estimate of drug-likeness (QED) is 0.812. The summed E-state index contributed by atoms with van der Waals surface area (Å²) in [5.41, 5.74) is 3.18. The molecule has 0 aliphatic heterocycles. The smallest absolute Gasteiger partial charge is 0.331 e. The van der Waals surface area contributed by atoms with Gasteiger partial charge in [-0.05, 0) is 55.0 Å². The summed E-state index contributed by atoms with van der Waals surface area (Å²) in [7, 11) is 0. The summed E-state index contributed by atoms with van der Waals surface area (Å²) < 4.78 is 5.57. The van der Waals surface area contributed by atoms with Crippen LogP contribution in [0.25, 0.3) is 0 Å². The van der Waals surface area contributed by atoms with Gasteiger partial charge in [-0.3, -0.25) is 0 Å². The van der Waals surface area contributed by atoms with Crippen molar-refractivity contribution in [3.8, 4) is 5.75 Å². The molecule has 1 N–H and O–H groups in total. The molecule has 0 fully saturated rings. The van der Waals surface area contributed by atoms with Gasteiger partial charge in [0.15, 0.2) is 0 Å². The maximum atomic E-state index is 10.8. The monoisotopic (exact) mass is 246 g/mol. The average molecular weight is 246 g/mol. The number of carboxylic acid groups (broad SMARTS) is 1. The molecule has 2 rings (SSSR count). The van der Waals surface area contributed by atoms with Gasteiger partial charge in [0.1, 0.15) is 12.4 Å². The topological polar surface area (TPSA) is 46.5 Å². The lowest BCUT2D eigenvalue weighted by Gasteiger charge is -2.06. The SMILES string of the molecule is CCC(=CCOc1ccc2c(c1)CCC2)C(=O)O. The second-order valence-electron chi connectivity index (χ2n) is 4.48. The number of rotatable bonds is 5. The van der Waals surface area contributed by atoms with Crippen molar-refractivity contribution in [2.75, 3.05) is 6.61 Å². The largest absolute Gasteiger partial charge is 0.490 e. The number of hydrogen-bond acceptors (Lipinski definition) is 2. The van der Waals surface area contributed by atoms with Crippen LogP contribution in [0.4, 0.5) is 0 Å². The van der Waals surface area contributed by atoms with E-state index in [2.05, 4.69) is 12.1 Å². The second-order valence-corrected chi connectivity index (χ2v) is 4.48. The van der Waals surface area contributed by atoms with Gasteiger partial charge in [0, 0.05) is 5.57 Å². The molecule has 1 aliphatic carbocycles. The van der Waals surface area contributed by atoms with E-state index in [1.807, 2.05) is 13.0 Å². The van der Waals surface area contributed by atoms with Crippen LogP contribution in [0.5, 0.6) is 5.75 Å². The summed E-state index contributed by atoms with van der Waals surface area (Å²) in [6, 6.07) is 6.15. The molecule has 3 heteroatoms. The molecule has 0 radical (unpaired) electrons. The van der Waals surface area contributed by atoms with Crippen LogP contribution in [-0.2, 0) is 17.6 Å². The first-order valence-corrected chi connectivity index (χ1v) is 6.37. The van der Waals surface area contributed by atoms with Crippen molar-refractivity contribution in [1.29, 1.82) is 0 Å². The molecule has 0 spiro atoms. The summed E-state index contributed by atoms with van der Waals surface area (Å²) in [4.78, 5) is 10.8. The number of carboxylic acids is 1. The fourth-order valence-corrected chi connectivity index (χ4v) is 2.26. The Morgan fingerprint density at radius 2 is 2.17 bits per heavy atom. The van der Waals surface area contributed by atoms with Crippen LogP contribution in [0.2, 0.25) is 0 Å². The van der Waals surface area contributed by atoms with E-state index in [0.29, 0.717) is 18.6 Å². The molecule has 0 heterocycles. The van der Waals surface area contributed by atoms with Gasteiger partial charge in [-0.25, -0.2) is 4.79 Å². The highest BCUT2D eigenvalue weighted by Crippen LogP contribution is 2.25. The predicted octanol–water partition coefficient (Wildman–Crippen LogP) is 2.98. The maximum Gasteiger partial charge on any atom is 0.331 e. The third-order valence-electron chi connectivity index (χ3n) is 3.31. The molecule has 0 unspecified atom stereocenters. The van der Waals surface area contributed by atoms with Crippen LogP contribution < -0.4 is 4.74 Å². The van der Waals surface area contributed by atoms with Crippen LogP contribution in [0.1, 0.15) is 30.9 Å². The number of benzene rings is 1. The normalized spacial score (nSPS) is 14.4. The van der Waals surface area contributed by atoms with Crippen LogP contribution in [-0.4, -0.2) is 17.7 Å². The zero-order valence-electron chi connectivity index (χ0n) is 10.6. The van der Waals surface area contributed by atoms with Crippen molar-refractivity contribution in [1.82, 2.24) is 0 Å². The van der Waals surface area contributed by atoms with Crippen molar-refractivity contribution < 1.29 is 14.6 Å². The fraction of sp³-hybridized carbons (Fsp3) is 0.400. The molecule has 1 aromatic carbocycles. The van der Waals surface area contributed by atoms with E-state index < -0.39 is 5.97 Å². The first-order valence-electron chi connectivity index (χ1n) is 6.37. The van der Waals surface area contributed by atoms with Crippen LogP contribution in [0.15, 0.2) is 29.8 Å². The van der Waals surface area contributed by atoms with E-state index in [1.165, 1.54) is 17.5 Å². The van der Waals surface area contributed by atoms with Crippen molar-refractivity contribution in [3.05, 3.63) is 41.0 Å². The molecule has 1 aliphatic rings. The minimum absolute atomic E-state index is 0.314. The molecule has 0 atom stereocenters. The summed E-state index contributed by atoms with van der Waals surface area (Å²) in [6.45, 7) is 2.14. The highest BCUT2D eigenvalue weighted by atomic mass is 16.5. The predicted molar refractivity (Wildman–Crippen MR) is 70.0 cm³/mol. The summed E-state index contributed by atoms with van der Waals surface area (Å²) in [6.07, 6.45) is 5.66. The van der Waals surface area contributed by atoms with Crippen molar-refractivity contribution in [2.45, 2.75) is 32.6 Å². The lowest BCUT2D eigenvalue weighted by Crippen LogP contribution is -2.03. The molecule has 0 aromatic heterocycles. The zero-order valence-corrected chi connectivity index (χ0v) is 10.6. The standard InChI is InChI=1S/C15H18O3/c1-2-11(15(16)17)8-9-18-14-7-6-12-4-3-5-13(12)10-14/h6-8,10H,2-5,9H2,1H3,(H,16,17). The molecule has 1 aromatic rings. The summed E-state index contributed by atoms with van der Waals surface area (Å²) in [5, 5.41) is 8.87. The number of aryl methyl sites for hydroxylation is 2. The summed E-state index contributed by atoms with van der Waals surface area (Å²) in [5.74, 6) is -0.0391. The lowest BCUT2D eigenvalue weighted by molar-refractivity contribution is -0.132. The van der Waals surface area contributed by atoms with E-state index >= 15 is 0 Å². The van der Waals surface area contributed by atoms with Gasteiger partial charge in [-0.15, -0.1) is 0 Å². The molecule has 3 nitrogen and oxygen atoms in total. The number of fused-ring (bicyclic) bond motifs is 1. The average Bonchev–Trinajstić information content (AvgIpc) is 2.81. The molecule has 96 valence electrons. The number of aliphatic carboxylic acids is 1. The zero-order chi connectivity index (χ0) is 13.0. The first kappa shape index (κ1) is 12.7. The Kier molecular flexibility index (Phi) is 4.03. The lowest BCUT2D eigenvalue weighted by atomic mass is 10.1. The van der Waals surface area contributed by atoms with E-state index in [-0.39, 0.29) is 0 Å². The van der Waals surface area contributed by atoms with E-state index in [0.717, 1.165) is 18.6 Å². The summed E-state index contributed by atoms with van der Waals surface area (Å²) >= 11 is 0. The van der Waals surface area contributed by atoms with Crippen LogP contribution in [0, 0.1) is 0 Å². The van der Waals surface area contributed by atoms with Gasteiger partial charge in [0.2, 0.25) is 0 Å². The highest BCUT2D eigenvalue weighted by molar-refractivity contribution is 5.86. The number of carbonyl (C=O) groups is 1. The van der Waals surface area contributed by atoms with E-state index in [1.54, 1.807) is 6.08 Å². The molecule has 0 amide bonds. The molecular weight excluding hydrogens is 228 g/mol.